The van der Waals surface area contributed by atoms with E-state index < -0.39 is 5.95 Å². The molecule has 0 amide bonds. The van der Waals surface area contributed by atoms with Crippen molar-refractivity contribution in [1.82, 2.24) is 15.0 Å². The zero-order chi connectivity index (χ0) is 14.5. The summed E-state index contributed by atoms with van der Waals surface area (Å²) >= 11 is 0. The molecular weight excluding hydrogens is 267 g/mol. The third-order valence-corrected chi connectivity index (χ3v) is 2.97. The molecule has 1 N–H and O–H groups in total. The molecular formula is C16H13FN4. The Morgan fingerprint density at radius 2 is 1.76 bits per heavy atom. The van der Waals surface area contributed by atoms with E-state index >= 15 is 0 Å². The van der Waals surface area contributed by atoms with Crippen LogP contribution in [0.4, 0.5) is 10.3 Å². The molecule has 0 aliphatic carbocycles. The van der Waals surface area contributed by atoms with E-state index in [0.29, 0.717) is 23.8 Å². The number of nitrogens with one attached hydrogen (secondary N) is 1. The molecule has 104 valence electrons. The van der Waals surface area contributed by atoms with E-state index in [1.807, 2.05) is 30.3 Å². The smallest absolute Gasteiger partial charge is 0.223 e. The maximum absolute atomic E-state index is 13.2. The molecule has 0 atom stereocenters. The van der Waals surface area contributed by atoms with E-state index in [1.54, 1.807) is 18.3 Å². The lowest BCUT2D eigenvalue weighted by Crippen LogP contribution is -2.03. The second-order valence-electron chi connectivity index (χ2n) is 4.47. The molecule has 3 rings (SSSR count). The van der Waals surface area contributed by atoms with Gasteiger partial charge in [-0.15, -0.1) is 0 Å². The molecule has 0 saturated heterocycles. The van der Waals surface area contributed by atoms with Gasteiger partial charge in [-0.25, -0.2) is 15.0 Å². The van der Waals surface area contributed by atoms with E-state index in [2.05, 4.69) is 20.3 Å². The molecule has 0 aliphatic heterocycles. The third kappa shape index (κ3) is 3.39. The Hall–Kier alpha value is -2.82. The summed E-state index contributed by atoms with van der Waals surface area (Å²) in [7, 11) is 0. The highest BCUT2D eigenvalue weighted by Crippen LogP contribution is 2.17. The SMILES string of the molecule is Fc1cc(-c2ccnc(NCc3ccccc3)n2)ccn1. The highest BCUT2D eigenvalue weighted by Gasteiger charge is 2.03. The van der Waals surface area contributed by atoms with Gasteiger partial charge in [-0.05, 0) is 17.7 Å². The Kier molecular flexibility index (Phi) is 3.82. The van der Waals surface area contributed by atoms with Crippen LogP contribution in [0, 0.1) is 5.95 Å². The normalized spacial score (nSPS) is 10.3. The summed E-state index contributed by atoms with van der Waals surface area (Å²) in [5.74, 6) is -0.0153. The van der Waals surface area contributed by atoms with Crippen LogP contribution in [0.2, 0.25) is 0 Å². The highest BCUT2D eigenvalue weighted by atomic mass is 19.1. The Labute approximate surface area is 121 Å². The number of benzene rings is 1. The first kappa shape index (κ1) is 13.2. The maximum atomic E-state index is 13.2. The summed E-state index contributed by atoms with van der Waals surface area (Å²) < 4.78 is 13.2. The summed E-state index contributed by atoms with van der Waals surface area (Å²) in [6.45, 7) is 0.634. The number of halogens is 1. The molecule has 0 aliphatic rings. The first-order valence-electron chi connectivity index (χ1n) is 6.54. The molecule has 0 radical (unpaired) electrons. The lowest BCUT2D eigenvalue weighted by atomic mass is 10.2. The molecule has 5 heteroatoms. The van der Waals surface area contributed by atoms with Crippen molar-refractivity contribution in [3.05, 3.63) is 72.4 Å². The molecule has 0 unspecified atom stereocenters. The molecule has 0 fully saturated rings. The van der Waals surface area contributed by atoms with E-state index in [9.17, 15) is 4.39 Å². The van der Waals surface area contributed by atoms with Gasteiger partial charge < -0.3 is 5.32 Å². The summed E-state index contributed by atoms with van der Waals surface area (Å²) in [4.78, 5) is 12.1. The van der Waals surface area contributed by atoms with Crippen molar-refractivity contribution >= 4 is 5.95 Å². The monoisotopic (exact) mass is 280 g/mol. The molecule has 0 bridgehead atoms. The van der Waals surface area contributed by atoms with Gasteiger partial charge >= 0.3 is 0 Å². The molecule has 0 spiro atoms. The average Bonchev–Trinajstić information content (AvgIpc) is 2.54. The van der Waals surface area contributed by atoms with E-state index in [4.69, 9.17) is 0 Å². The van der Waals surface area contributed by atoms with Gasteiger partial charge in [-0.1, -0.05) is 30.3 Å². The van der Waals surface area contributed by atoms with Gasteiger partial charge in [0.25, 0.3) is 0 Å². The van der Waals surface area contributed by atoms with Crippen LogP contribution in [0.15, 0.2) is 60.9 Å². The van der Waals surface area contributed by atoms with E-state index in [0.717, 1.165) is 5.56 Å². The van der Waals surface area contributed by atoms with E-state index in [-0.39, 0.29) is 0 Å². The number of aromatic nitrogens is 3. The van der Waals surface area contributed by atoms with Crippen molar-refractivity contribution in [2.45, 2.75) is 6.54 Å². The fourth-order valence-electron chi connectivity index (χ4n) is 1.94. The predicted molar refractivity (Wildman–Crippen MR) is 79.0 cm³/mol. The summed E-state index contributed by atoms with van der Waals surface area (Å²) in [6.07, 6.45) is 3.07. The van der Waals surface area contributed by atoms with Crippen LogP contribution in [0.1, 0.15) is 5.56 Å². The Morgan fingerprint density at radius 3 is 2.57 bits per heavy atom. The minimum atomic E-state index is -0.523. The first-order chi connectivity index (χ1) is 10.3. The fraction of sp³-hybridized carbons (Fsp3) is 0.0625. The van der Waals surface area contributed by atoms with Crippen molar-refractivity contribution in [2.75, 3.05) is 5.32 Å². The Morgan fingerprint density at radius 1 is 0.952 bits per heavy atom. The van der Waals surface area contributed by atoms with Crippen molar-refractivity contribution in [3.8, 4) is 11.3 Å². The van der Waals surface area contributed by atoms with Crippen LogP contribution in [-0.4, -0.2) is 15.0 Å². The van der Waals surface area contributed by atoms with Gasteiger partial charge in [0, 0.05) is 30.6 Å². The Bertz CT molecular complexity index is 731. The van der Waals surface area contributed by atoms with Crippen molar-refractivity contribution in [2.24, 2.45) is 0 Å². The van der Waals surface area contributed by atoms with E-state index in [1.165, 1.54) is 12.3 Å². The van der Waals surface area contributed by atoms with Gasteiger partial charge in [0.1, 0.15) is 0 Å². The van der Waals surface area contributed by atoms with Crippen LogP contribution in [-0.2, 0) is 6.54 Å². The second kappa shape index (κ2) is 6.09. The average molecular weight is 280 g/mol. The van der Waals surface area contributed by atoms with Gasteiger partial charge in [0.15, 0.2) is 0 Å². The second-order valence-corrected chi connectivity index (χ2v) is 4.47. The van der Waals surface area contributed by atoms with Crippen LogP contribution < -0.4 is 5.32 Å². The molecule has 2 aromatic heterocycles. The quantitative estimate of drug-likeness (QED) is 0.745. The van der Waals surface area contributed by atoms with Crippen LogP contribution in [0.25, 0.3) is 11.3 Å². The number of anilines is 1. The molecule has 0 saturated carbocycles. The Balaban J connectivity index is 1.77. The molecule has 4 nitrogen and oxygen atoms in total. The van der Waals surface area contributed by atoms with Crippen LogP contribution in [0.5, 0.6) is 0 Å². The lowest BCUT2D eigenvalue weighted by Gasteiger charge is -2.06. The number of pyridine rings is 1. The molecule has 3 aromatic rings. The summed E-state index contributed by atoms with van der Waals surface area (Å²) in [5.41, 5.74) is 2.47. The minimum absolute atomic E-state index is 0.508. The number of hydrogen-bond acceptors (Lipinski definition) is 4. The van der Waals surface area contributed by atoms with Crippen molar-refractivity contribution < 1.29 is 4.39 Å². The predicted octanol–water partition coefficient (Wildman–Crippen LogP) is 3.29. The van der Waals surface area contributed by atoms with Crippen LogP contribution in [0.3, 0.4) is 0 Å². The first-order valence-corrected chi connectivity index (χ1v) is 6.54. The highest BCUT2D eigenvalue weighted by molar-refractivity contribution is 5.59. The van der Waals surface area contributed by atoms with Gasteiger partial charge in [-0.3, -0.25) is 0 Å². The third-order valence-electron chi connectivity index (χ3n) is 2.97. The van der Waals surface area contributed by atoms with Crippen molar-refractivity contribution in [3.63, 3.8) is 0 Å². The zero-order valence-electron chi connectivity index (χ0n) is 11.2. The topological polar surface area (TPSA) is 50.7 Å². The molecule has 1 aromatic carbocycles. The van der Waals surface area contributed by atoms with Crippen molar-refractivity contribution in [1.29, 1.82) is 0 Å². The summed E-state index contributed by atoms with van der Waals surface area (Å²) in [5, 5.41) is 3.15. The van der Waals surface area contributed by atoms with Gasteiger partial charge in [0.2, 0.25) is 11.9 Å². The fourth-order valence-corrected chi connectivity index (χ4v) is 1.94. The zero-order valence-corrected chi connectivity index (χ0v) is 11.2. The molecule has 21 heavy (non-hydrogen) atoms. The maximum Gasteiger partial charge on any atom is 0.223 e. The van der Waals surface area contributed by atoms with Gasteiger partial charge in [-0.2, -0.15) is 4.39 Å². The van der Waals surface area contributed by atoms with Gasteiger partial charge in [0.05, 0.1) is 5.69 Å². The number of hydrogen-bond donors (Lipinski definition) is 1. The standard InChI is InChI=1S/C16H13FN4/c17-15-10-13(6-8-18-15)14-7-9-19-16(21-14)20-11-12-4-2-1-3-5-12/h1-10H,11H2,(H,19,20,21). The largest absolute Gasteiger partial charge is 0.350 e. The number of nitrogens with zero attached hydrogens (tertiary/aromatic N) is 3. The minimum Gasteiger partial charge on any atom is -0.350 e. The van der Waals surface area contributed by atoms with Crippen LogP contribution >= 0.6 is 0 Å². The molecule has 2 heterocycles. The number of rotatable bonds is 4. The lowest BCUT2D eigenvalue weighted by molar-refractivity contribution is 0.584. The summed E-state index contributed by atoms with van der Waals surface area (Å²) in [6, 6.07) is 14.8.